The number of anilines is 2. The molecule has 0 spiro atoms. The molecule has 0 aliphatic carbocycles. The Morgan fingerprint density at radius 3 is 2.39 bits per heavy atom. The number of nitrogens with zero attached hydrogens (tertiary/aromatic N) is 2. The molecule has 1 atom stereocenters. The van der Waals surface area contributed by atoms with E-state index in [9.17, 15) is 4.79 Å². The smallest absolute Gasteiger partial charge is 0.310 e. The van der Waals surface area contributed by atoms with E-state index in [-0.39, 0.29) is 0 Å². The second kappa shape index (κ2) is 5.27. The predicted octanol–water partition coefficient (Wildman–Crippen LogP) is 2.41. The molecule has 1 aromatic carbocycles. The predicted molar refractivity (Wildman–Crippen MR) is 67.8 cm³/mol. The third-order valence-corrected chi connectivity index (χ3v) is 2.60. The van der Waals surface area contributed by atoms with Crippen LogP contribution in [0.4, 0.5) is 11.6 Å². The van der Waals surface area contributed by atoms with Gasteiger partial charge in [0, 0.05) is 18.1 Å². The van der Waals surface area contributed by atoms with Crippen LogP contribution in [0, 0.1) is 0 Å². The normalized spacial score (nSPS) is 11.8. The molecule has 0 aliphatic heterocycles. The van der Waals surface area contributed by atoms with E-state index in [4.69, 9.17) is 5.11 Å². The first kappa shape index (κ1) is 12.0. The quantitative estimate of drug-likeness (QED) is 0.862. The molecule has 5 nitrogen and oxygen atoms in total. The van der Waals surface area contributed by atoms with Crippen molar-refractivity contribution in [2.24, 2.45) is 0 Å². The van der Waals surface area contributed by atoms with E-state index in [1.54, 1.807) is 37.5 Å². The Balaban J connectivity index is 2.11. The minimum atomic E-state index is -0.831. The summed E-state index contributed by atoms with van der Waals surface area (Å²) in [6.07, 6.45) is 3.30. The standard InChI is InChI=1S/C13H13N3O2/c1-9(12(17)18)10-3-5-11(6-4-10)16-13-14-7-2-8-15-13/h2-9H,1H3,(H,17,18)(H,14,15,16). The van der Waals surface area contributed by atoms with Crippen molar-refractivity contribution in [1.82, 2.24) is 9.97 Å². The lowest BCUT2D eigenvalue weighted by Gasteiger charge is -2.08. The molecule has 2 N–H and O–H groups in total. The topological polar surface area (TPSA) is 75.1 Å². The Hall–Kier alpha value is -2.43. The molecule has 5 heteroatoms. The molecular formula is C13H13N3O2. The molecule has 0 amide bonds. The Morgan fingerprint density at radius 2 is 1.83 bits per heavy atom. The number of carbonyl (C=O) groups is 1. The fourth-order valence-electron chi connectivity index (χ4n) is 1.49. The van der Waals surface area contributed by atoms with Crippen LogP contribution < -0.4 is 5.32 Å². The Morgan fingerprint density at radius 1 is 1.22 bits per heavy atom. The average molecular weight is 243 g/mol. The van der Waals surface area contributed by atoms with Crippen molar-refractivity contribution >= 4 is 17.6 Å². The Labute approximate surface area is 105 Å². The lowest BCUT2D eigenvalue weighted by atomic mass is 10.0. The Kier molecular flexibility index (Phi) is 3.52. The van der Waals surface area contributed by atoms with Gasteiger partial charge in [-0.2, -0.15) is 0 Å². The highest BCUT2D eigenvalue weighted by Gasteiger charge is 2.12. The fraction of sp³-hybridized carbons (Fsp3) is 0.154. The highest BCUT2D eigenvalue weighted by Crippen LogP contribution is 2.19. The summed E-state index contributed by atoms with van der Waals surface area (Å²) in [5.41, 5.74) is 1.59. The van der Waals surface area contributed by atoms with Crippen LogP contribution in [-0.2, 0) is 4.79 Å². The number of carboxylic acids is 1. The maximum atomic E-state index is 10.8. The van der Waals surface area contributed by atoms with Crippen molar-refractivity contribution in [1.29, 1.82) is 0 Å². The van der Waals surface area contributed by atoms with E-state index in [0.717, 1.165) is 11.3 Å². The van der Waals surface area contributed by atoms with Gasteiger partial charge in [-0.25, -0.2) is 9.97 Å². The van der Waals surface area contributed by atoms with Crippen LogP contribution in [0.2, 0.25) is 0 Å². The van der Waals surface area contributed by atoms with Crippen LogP contribution in [-0.4, -0.2) is 21.0 Å². The summed E-state index contributed by atoms with van der Waals surface area (Å²) in [6.45, 7) is 1.66. The fourth-order valence-corrected chi connectivity index (χ4v) is 1.49. The minimum Gasteiger partial charge on any atom is -0.481 e. The van der Waals surface area contributed by atoms with E-state index >= 15 is 0 Å². The van der Waals surface area contributed by atoms with E-state index < -0.39 is 11.9 Å². The first-order chi connectivity index (χ1) is 8.66. The summed E-state index contributed by atoms with van der Waals surface area (Å²) in [7, 11) is 0. The van der Waals surface area contributed by atoms with Crippen molar-refractivity contribution in [3.8, 4) is 0 Å². The van der Waals surface area contributed by atoms with Gasteiger partial charge in [0.15, 0.2) is 0 Å². The maximum Gasteiger partial charge on any atom is 0.310 e. The number of carboxylic acid groups (broad SMARTS) is 1. The molecule has 0 fully saturated rings. The van der Waals surface area contributed by atoms with Crippen molar-refractivity contribution in [3.05, 3.63) is 48.3 Å². The number of aliphatic carboxylic acids is 1. The molecule has 1 heterocycles. The molecule has 0 radical (unpaired) electrons. The van der Waals surface area contributed by atoms with Gasteiger partial charge in [0.1, 0.15) is 0 Å². The van der Waals surface area contributed by atoms with Gasteiger partial charge in [0.2, 0.25) is 5.95 Å². The number of hydrogen-bond donors (Lipinski definition) is 2. The van der Waals surface area contributed by atoms with Crippen molar-refractivity contribution < 1.29 is 9.90 Å². The van der Waals surface area contributed by atoms with Gasteiger partial charge in [-0.05, 0) is 30.7 Å². The largest absolute Gasteiger partial charge is 0.481 e. The summed E-state index contributed by atoms with van der Waals surface area (Å²) in [4.78, 5) is 18.9. The summed E-state index contributed by atoms with van der Waals surface area (Å²) in [6, 6.07) is 8.92. The van der Waals surface area contributed by atoms with Crippen LogP contribution >= 0.6 is 0 Å². The SMILES string of the molecule is CC(C(=O)O)c1ccc(Nc2ncccn2)cc1. The maximum absolute atomic E-state index is 10.8. The van der Waals surface area contributed by atoms with Crippen molar-refractivity contribution in [2.75, 3.05) is 5.32 Å². The third-order valence-electron chi connectivity index (χ3n) is 2.60. The first-order valence-electron chi connectivity index (χ1n) is 5.53. The molecular weight excluding hydrogens is 230 g/mol. The molecule has 0 bridgehead atoms. The van der Waals surface area contributed by atoms with Gasteiger partial charge >= 0.3 is 5.97 Å². The monoisotopic (exact) mass is 243 g/mol. The molecule has 92 valence electrons. The van der Waals surface area contributed by atoms with Crippen molar-refractivity contribution in [2.45, 2.75) is 12.8 Å². The number of aromatic nitrogens is 2. The van der Waals surface area contributed by atoms with Crippen LogP contribution in [0.3, 0.4) is 0 Å². The van der Waals surface area contributed by atoms with Gasteiger partial charge in [-0.15, -0.1) is 0 Å². The van der Waals surface area contributed by atoms with E-state index in [0.29, 0.717) is 5.95 Å². The van der Waals surface area contributed by atoms with E-state index in [1.807, 2.05) is 12.1 Å². The van der Waals surface area contributed by atoms with Gasteiger partial charge in [-0.3, -0.25) is 4.79 Å². The zero-order valence-electron chi connectivity index (χ0n) is 9.87. The highest BCUT2D eigenvalue weighted by molar-refractivity contribution is 5.75. The van der Waals surface area contributed by atoms with Gasteiger partial charge in [-0.1, -0.05) is 12.1 Å². The molecule has 18 heavy (non-hydrogen) atoms. The van der Waals surface area contributed by atoms with E-state index in [1.165, 1.54) is 0 Å². The van der Waals surface area contributed by atoms with Gasteiger partial charge < -0.3 is 10.4 Å². The molecule has 2 aromatic rings. The summed E-state index contributed by atoms with van der Waals surface area (Å²) >= 11 is 0. The van der Waals surface area contributed by atoms with Crippen LogP contribution in [0.15, 0.2) is 42.7 Å². The first-order valence-corrected chi connectivity index (χ1v) is 5.53. The average Bonchev–Trinajstić information content (AvgIpc) is 2.40. The highest BCUT2D eigenvalue weighted by atomic mass is 16.4. The number of hydrogen-bond acceptors (Lipinski definition) is 4. The number of benzene rings is 1. The van der Waals surface area contributed by atoms with Crippen LogP contribution in [0.1, 0.15) is 18.4 Å². The second-order valence-corrected chi connectivity index (χ2v) is 3.88. The molecule has 0 aliphatic rings. The lowest BCUT2D eigenvalue weighted by molar-refractivity contribution is -0.138. The van der Waals surface area contributed by atoms with Crippen LogP contribution in [0.25, 0.3) is 0 Å². The van der Waals surface area contributed by atoms with E-state index in [2.05, 4.69) is 15.3 Å². The zero-order valence-corrected chi connectivity index (χ0v) is 9.87. The molecule has 2 rings (SSSR count). The summed E-state index contributed by atoms with van der Waals surface area (Å²) in [5.74, 6) is -0.828. The minimum absolute atomic E-state index is 0.507. The second-order valence-electron chi connectivity index (χ2n) is 3.88. The molecule has 0 saturated carbocycles. The Bertz CT molecular complexity index is 526. The van der Waals surface area contributed by atoms with Gasteiger partial charge in [0.25, 0.3) is 0 Å². The molecule has 0 saturated heterocycles. The zero-order chi connectivity index (χ0) is 13.0. The van der Waals surface area contributed by atoms with Crippen molar-refractivity contribution in [3.63, 3.8) is 0 Å². The molecule has 1 aromatic heterocycles. The number of rotatable bonds is 4. The van der Waals surface area contributed by atoms with Crippen LogP contribution in [0.5, 0.6) is 0 Å². The summed E-state index contributed by atoms with van der Waals surface area (Å²) < 4.78 is 0. The third kappa shape index (κ3) is 2.82. The number of nitrogens with one attached hydrogen (secondary N) is 1. The lowest BCUT2D eigenvalue weighted by Crippen LogP contribution is -2.07. The summed E-state index contributed by atoms with van der Waals surface area (Å²) in [5, 5.41) is 11.9. The molecule has 1 unspecified atom stereocenters. The van der Waals surface area contributed by atoms with Gasteiger partial charge in [0.05, 0.1) is 5.92 Å².